The summed E-state index contributed by atoms with van der Waals surface area (Å²) in [4.78, 5) is 35.9. The van der Waals surface area contributed by atoms with Gasteiger partial charge in [-0.3, -0.25) is 9.59 Å². The Kier molecular flexibility index (Phi) is 6.34. The van der Waals surface area contributed by atoms with Crippen LogP contribution in [-0.4, -0.2) is 35.5 Å². The van der Waals surface area contributed by atoms with Crippen molar-refractivity contribution >= 4 is 17.8 Å². The van der Waals surface area contributed by atoms with Crippen molar-refractivity contribution in [2.45, 2.75) is 51.0 Å². The van der Waals surface area contributed by atoms with Crippen LogP contribution in [0.2, 0.25) is 0 Å². The van der Waals surface area contributed by atoms with Crippen LogP contribution in [0.15, 0.2) is 24.3 Å². The molecule has 0 heterocycles. The second kappa shape index (κ2) is 8.29. The van der Waals surface area contributed by atoms with Crippen LogP contribution in [0.4, 0.5) is 4.39 Å². The van der Waals surface area contributed by atoms with E-state index in [4.69, 9.17) is 5.11 Å². The van der Waals surface area contributed by atoms with Gasteiger partial charge in [0.1, 0.15) is 11.9 Å². The number of aliphatic carboxylic acids is 1. The molecule has 1 aliphatic carbocycles. The Hall–Kier alpha value is -2.44. The number of carbonyl (C=O) groups is 3. The first kappa shape index (κ1) is 19.9. The van der Waals surface area contributed by atoms with E-state index < -0.39 is 29.2 Å². The van der Waals surface area contributed by atoms with Crippen LogP contribution < -0.4 is 10.6 Å². The molecule has 0 unspecified atom stereocenters. The van der Waals surface area contributed by atoms with Crippen LogP contribution in [-0.2, 0) is 19.8 Å². The quantitative estimate of drug-likeness (QED) is 0.657. The van der Waals surface area contributed by atoms with Crippen molar-refractivity contribution in [3.8, 4) is 0 Å². The summed E-state index contributed by atoms with van der Waals surface area (Å²) in [6.07, 6.45) is 2.35. The van der Waals surface area contributed by atoms with E-state index in [0.717, 1.165) is 6.42 Å². The Morgan fingerprint density at radius 2 is 1.96 bits per heavy atom. The van der Waals surface area contributed by atoms with E-state index in [1.807, 2.05) is 13.8 Å². The molecule has 1 atom stereocenters. The summed E-state index contributed by atoms with van der Waals surface area (Å²) in [7, 11) is 0. The van der Waals surface area contributed by atoms with Gasteiger partial charge in [0, 0.05) is 0 Å². The van der Waals surface area contributed by atoms with Gasteiger partial charge in [0.2, 0.25) is 11.8 Å². The van der Waals surface area contributed by atoms with Gasteiger partial charge in [-0.1, -0.05) is 32.4 Å². The Balaban J connectivity index is 1.96. The largest absolute Gasteiger partial charge is 0.480 e. The van der Waals surface area contributed by atoms with E-state index in [2.05, 4.69) is 10.6 Å². The predicted molar refractivity (Wildman–Crippen MR) is 94.0 cm³/mol. The van der Waals surface area contributed by atoms with Crippen LogP contribution in [0, 0.1) is 11.7 Å². The summed E-state index contributed by atoms with van der Waals surface area (Å²) in [5, 5.41) is 14.2. The third kappa shape index (κ3) is 4.59. The van der Waals surface area contributed by atoms with E-state index in [1.54, 1.807) is 12.1 Å². The lowest BCUT2D eigenvalue weighted by Crippen LogP contribution is -2.52. The van der Waals surface area contributed by atoms with Crippen molar-refractivity contribution in [1.82, 2.24) is 10.6 Å². The lowest BCUT2D eigenvalue weighted by atomic mass is 9.64. The number of carboxylic acid groups (broad SMARTS) is 1. The average Bonchev–Trinajstić information content (AvgIpc) is 2.51. The van der Waals surface area contributed by atoms with Gasteiger partial charge in [0.25, 0.3) is 0 Å². The smallest absolute Gasteiger partial charge is 0.326 e. The Labute approximate surface area is 152 Å². The average molecular weight is 364 g/mol. The first-order valence-electron chi connectivity index (χ1n) is 8.81. The number of nitrogens with one attached hydrogen (secondary N) is 2. The zero-order valence-corrected chi connectivity index (χ0v) is 15.0. The highest BCUT2D eigenvalue weighted by atomic mass is 19.1. The number of hydrogen-bond donors (Lipinski definition) is 3. The number of halogens is 1. The molecule has 26 heavy (non-hydrogen) atoms. The van der Waals surface area contributed by atoms with Crippen LogP contribution >= 0.6 is 0 Å². The van der Waals surface area contributed by atoms with Gasteiger partial charge >= 0.3 is 5.97 Å². The van der Waals surface area contributed by atoms with Crippen LogP contribution in [0.3, 0.4) is 0 Å². The van der Waals surface area contributed by atoms with Crippen molar-refractivity contribution in [2.75, 3.05) is 6.54 Å². The highest BCUT2D eigenvalue weighted by Gasteiger charge is 2.45. The Morgan fingerprint density at radius 3 is 2.46 bits per heavy atom. The number of benzene rings is 1. The van der Waals surface area contributed by atoms with Crippen LogP contribution in [0.1, 0.15) is 45.1 Å². The highest BCUT2D eigenvalue weighted by Crippen LogP contribution is 2.44. The summed E-state index contributed by atoms with van der Waals surface area (Å²) < 4.78 is 13.5. The molecule has 2 amide bonds. The maximum absolute atomic E-state index is 13.5. The number of amides is 2. The lowest BCUT2D eigenvalue weighted by molar-refractivity contribution is -0.142. The van der Waals surface area contributed by atoms with Gasteiger partial charge in [-0.15, -0.1) is 0 Å². The molecule has 1 saturated carbocycles. The maximum atomic E-state index is 13.5. The van der Waals surface area contributed by atoms with E-state index >= 15 is 0 Å². The number of rotatable bonds is 8. The maximum Gasteiger partial charge on any atom is 0.326 e. The second-order valence-electron chi connectivity index (χ2n) is 7.22. The monoisotopic (exact) mass is 364 g/mol. The third-order valence-corrected chi connectivity index (χ3v) is 4.77. The predicted octanol–water partition coefficient (Wildman–Crippen LogP) is 1.98. The fourth-order valence-electron chi connectivity index (χ4n) is 3.23. The third-order valence-electron chi connectivity index (χ3n) is 4.77. The van der Waals surface area contributed by atoms with Crippen molar-refractivity contribution in [3.05, 3.63) is 35.6 Å². The molecule has 1 aromatic carbocycles. The Morgan fingerprint density at radius 1 is 1.27 bits per heavy atom. The molecule has 0 aromatic heterocycles. The zero-order chi connectivity index (χ0) is 19.3. The topological polar surface area (TPSA) is 95.5 Å². The molecule has 6 nitrogen and oxygen atoms in total. The molecule has 7 heteroatoms. The zero-order valence-electron chi connectivity index (χ0n) is 15.0. The molecule has 0 spiro atoms. The highest BCUT2D eigenvalue weighted by molar-refractivity contribution is 5.93. The second-order valence-corrected chi connectivity index (χ2v) is 7.22. The normalized spacial score (nSPS) is 16.5. The van der Waals surface area contributed by atoms with E-state index in [0.29, 0.717) is 24.8 Å². The number of carbonyl (C=O) groups excluding carboxylic acids is 2. The summed E-state index contributed by atoms with van der Waals surface area (Å²) in [6, 6.07) is 4.96. The van der Waals surface area contributed by atoms with Crippen molar-refractivity contribution in [1.29, 1.82) is 0 Å². The standard InChI is InChI=1S/C19H25FN2O4/c1-12(2)9-15(17(24)25)22-16(23)11-21-18(26)19(7-4-8-19)13-5-3-6-14(20)10-13/h3,5-6,10,12,15H,4,7-9,11H2,1-2H3,(H,21,26)(H,22,23)(H,24,25)/t15-/m0/s1. The van der Waals surface area contributed by atoms with Gasteiger partial charge in [0.15, 0.2) is 0 Å². The molecule has 0 bridgehead atoms. The molecule has 2 rings (SSSR count). The molecule has 0 saturated heterocycles. The molecule has 0 radical (unpaired) electrons. The van der Waals surface area contributed by atoms with Gasteiger partial charge in [-0.25, -0.2) is 9.18 Å². The fourth-order valence-corrected chi connectivity index (χ4v) is 3.23. The summed E-state index contributed by atoms with van der Waals surface area (Å²) in [6.45, 7) is 3.42. The first-order chi connectivity index (χ1) is 12.2. The summed E-state index contributed by atoms with van der Waals surface area (Å²) in [5.41, 5.74) is -0.211. The summed E-state index contributed by atoms with van der Waals surface area (Å²) in [5.74, 6) is -2.29. The molecule has 142 valence electrons. The number of hydrogen-bond acceptors (Lipinski definition) is 3. The first-order valence-corrected chi connectivity index (χ1v) is 8.81. The van der Waals surface area contributed by atoms with E-state index in [-0.39, 0.29) is 18.4 Å². The van der Waals surface area contributed by atoms with Crippen LogP contribution in [0.5, 0.6) is 0 Å². The van der Waals surface area contributed by atoms with Crippen molar-refractivity contribution < 1.29 is 23.9 Å². The van der Waals surface area contributed by atoms with Crippen molar-refractivity contribution in [2.24, 2.45) is 5.92 Å². The Bertz CT molecular complexity index is 686. The number of carboxylic acids is 1. The molecule has 1 aromatic rings. The molecular formula is C19H25FN2O4. The molecular weight excluding hydrogens is 339 g/mol. The van der Waals surface area contributed by atoms with Crippen LogP contribution in [0.25, 0.3) is 0 Å². The van der Waals surface area contributed by atoms with E-state index in [9.17, 15) is 18.8 Å². The minimum absolute atomic E-state index is 0.109. The minimum Gasteiger partial charge on any atom is -0.480 e. The molecule has 3 N–H and O–H groups in total. The molecule has 1 aliphatic rings. The SMILES string of the molecule is CC(C)C[C@H](NC(=O)CNC(=O)C1(c2cccc(F)c2)CCC1)C(=O)O. The van der Waals surface area contributed by atoms with E-state index in [1.165, 1.54) is 12.1 Å². The fraction of sp³-hybridized carbons (Fsp3) is 0.526. The summed E-state index contributed by atoms with van der Waals surface area (Å²) >= 11 is 0. The minimum atomic E-state index is -1.10. The van der Waals surface area contributed by atoms with Gasteiger partial charge < -0.3 is 15.7 Å². The molecule has 0 aliphatic heterocycles. The lowest BCUT2D eigenvalue weighted by Gasteiger charge is -2.40. The van der Waals surface area contributed by atoms with Gasteiger partial charge in [-0.05, 0) is 42.9 Å². The van der Waals surface area contributed by atoms with Gasteiger partial charge in [0.05, 0.1) is 12.0 Å². The molecule has 1 fully saturated rings. The van der Waals surface area contributed by atoms with Gasteiger partial charge in [-0.2, -0.15) is 0 Å². The van der Waals surface area contributed by atoms with Crippen molar-refractivity contribution in [3.63, 3.8) is 0 Å².